The fourth-order valence-electron chi connectivity index (χ4n) is 3.39. The van der Waals surface area contributed by atoms with Crippen LogP contribution in [-0.4, -0.2) is 17.5 Å². The van der Waals surface area contributed by atoms with Gasteiger partial charge in [0.15, 0.2) is 0 Å². The van der Waals surface area contributed by atoms with E-state index in [1.165, 1.54) is 11.1 Å². The second kappa shape index (κ2) is 5.57. The Labute approximate surface area is 129 Å². The summed E-state index contributed by atoms with van der Waals surface area (Å²) in [4.78, 5) is 11.1. The van der Waals surface area contributed by atoms with Crippen molar-refractivity contribution >= 4 is 5.78 Å². The van der Waals surface area contributed by atoms with Gasteiger partial charge in [-0.15, -0.1) is 6.58 Å². The highest BCUT2D eigenvalue weighted by Gasteiger charge is 2.54. The Morgan fingerprint density at radius 3 is 2.71 bits per heavy atom. The van der Waals surface area contributed by atoms with Gasteiger partial charge in [-0.3, -0.25) is 0 Å². The van der Waals surface area contributed by atoms with Crippen LogP contribution in [0.25, 0.3) is 0 Å². The average Bonchev–Trinajstić information content (AvgIpc) is 3.08. The van der Waals surface area contributed by atoms with E-state index >= 15 is 0 Å². The molecule has 0 saturated carbocycles. The first kappa shape index (κ1) is 16.2. The summed E-state index contributed by atoms with van der Waals surface area (Å²) in [5.41, 5.74) is 2.56. The summed E-state index contributed by atoms with van der Waals surface area (Å²) in [6.45, 7) is 14.5. The molecule has 1 saturated heterocycles. The number of hydrogen-bond acceptors (Lipinski definition) is 2. The summed E-state index contributed by atoms with van der Waals surface area (Å²) < 4.78 is 5.93. The molecule has 0 amide bonds. The highest BCUT2D eigenvalue weighted by molar-refractivity contribution is 5.75. The van der Waals surface area contributed by atoms with Gasteiger partial charge in [-0.1, -0.05) is 44.6 Å². The first-order valence-corrected chi connectivity index (χ1v) is 7.96. The monoisotopic (exact) mass is 288 g/mol. The maximum Gasteiger partial charge on any atom is 0.129 e. The van der Waals surface area contributed by atoms with Crippen LogP contribution in [0, 0.1) is 11.3 Å². The van der Waals surface area contributed by atoms with Crippen LogP contribution in [0.3, 0.4) is 0 Å². The number of carbonyl (C=O) groups excluding carboxylic acids is 1. The largest absolute Gasteiger partial charge is 0.361 e. The zero-order chi connectivity index (χ0) is 15.8. The first-order valence-electron chi connectivity index (χ1n) is 7.96. The van der Waals surface area contributed by atoms with E-state index in [0.717, 1.165) is 12.8 Å². The van der Waals surface area contributed by atoms with Gasteiger partial charge in [0, 0.05) is 11.8 Å². The van der Waals surface area contributed by atoms with Crippen molar-refractivity contribution < 1.29 is 9.53 Å². The summed E-state index contributed by atoms with van der Waals surface area (Å²) in [6.07, 6.45) is 9.27. The lowest BCUT2D eigenvalue weighted by atomic mass is 9.69. The zero-order valence-corrected chi connectivity index (χ0v) is 14.0. The third-order valence-electron chi connectivity index (χ3n) is 5.07. The van der Waals surface area contributed by atoms with Gasteiger partial charge in [0.05, 0.1) is 6.10 Å². The van der Waals surface area contributed by atoms with Crippen LogP contribution < -0.4 is 0 Å². The Bertz CT molecular complexity index is 512. The molecule has 2 unspecified atom stereocenters. The fourth-order valence-corrected chi connectivity index (χ4v) is 3.39. The molecule has 116 valence electrons. The molecule has 0 aromatic heterocycles. The van der Waals surface area contributed by atoms with Gasteiger partial charge < -0.3 is 9.53 Å². The molecule has 0 aromatic rings. The van der Waals surface area contributed by atoms with Crippen LogP contribution in [0.4, 0.5) is 0 Å². The number of rotatable bonds is 6. The summed E-state index contributed by atoms with van der Waals surface area (Å²) in [6, 6.07) is 0. The maximum atomic E-state index is 11.1. The van der Waals surface area contributed by atoms with Crippen molar-refractivity contribution in [1.29, 1.82) is 0 Å². The van der Waals surface area contributed by atoms with Gasteiger partial charge in [-0.05, 0) is 38.2 Å². The number of hydrogen-bond donors (Lipinski definition) is 0. The van der Waals surface area contributed by atoms with Crippen LogP contribution in [0.1, 0.15) is 53.9 Å². The van der Waals surface area contributed by atoms with Crippen molar-refractivity contribution in [3.8, 4) is 0 Å². The van der Waals surface area contributed by atoms with Crippen molar-refractivity contribution in [3.63, 3.8) is 0 Å². The maximum absolute atomic E-state index is 11.1. The smallest absolute Gasteiger partial charge is 0.129 e. The molecule has 1 aliphatic heterocycles. The van der Waals surface area contributed by atoms with Crippen molar-refractivity contribution in [2.24, 2.45) is 11.3 Å². The number of allylic oxidation sites excluding steroid dienone is 3. The molecule has 21 heavy (non-hydrogen) atoms. The van der Waals surface area contributed by atoms with E-state index in [2.05, 4.69) is 52.5 Å². The molecule has 1 fully saturated rings. The Hall–Kier alpha value is -1.15. The van der Waals surface area contributed by atoms with Crippen LogP contribution in [-0.2, 0) is 9.53 Å². The molecule has 2 heteroatoms. The molecule has 3 atom stereocenters. The lowest BCUT2D eigenvalue weighted by Crippen LogP contribution is -2.25. The van der Waals surface area contributed by atoms with Gasteiger partial charge in [0.2, 0.25) is 0 Å². The molecule has 0 spiro atoms. The minimum atomic E-state index is -0.196. The molecule has 0 N–H and O–H groups in total. The second-order valence-corrected chi connectivity index (χ2v) is 7.19. The Morgan fingerprint density at radius 2 is 2.19 bits per heavy atom. The van der Waals surface area contributed by atoms with Crippen molar-refractivity contribution in [3.05, 3.63) is 36.0 Å². The van der Waals surface area contributed by atoms with E-state index in [9.17, 15) is 4.79 Å². The molecule has 0 aromatic carbocycles. The Kier molecular flexibility index (Phi) is 4.30. The molecule has 2 nitrogen and oxygen atoms in total. The number of epoxide rings is 1. The summed E-state index contributed by atoms with van der Waals surface area (Å²) in [7, 11) is 0. The normalized spacial score (nSPS) is 35.2. The minimum absolute atomic E-state index is 0.0534. The molecule has 0 radical (unpaired) electrons. The van der Waals surface area contributed by atoms with E-state index in [-0.39, 0.29) is 22.9 Å². The molecular weight excluding hydrogens is 260 g/mol. The van der Waals surface area contributed by atoms with Crippen LogP contribution in [0.15, 0.2) is 36.0 Å². The first-order chi connectivity index (χ1) is 9.73. The summed E-state index contributed by atoms with van der Waals surface area (Å²) in [5.74, 6) is 0.734. The fraction of sp³-hybridized carbons (Fsp3) is 0.632. The van der Waals surface area contributed by atoms with Gasteiger partial charge in [0.1, 0.15) is 11.4 Å². The number of ketones is 1. The van der Waals surface area contributed by atoms with E-state index in [0.29, 0.717) is 12.3 Å². The number of ether oxygens (including phenoxy) is 1. The van der Waals surface area contributed by atoms with Crippen LogP contribution in [0.2, 0.25) is 0 Å². The third-order valence-corrected chi connectivity index (χ3v) is 5.07. The quantitative estimate of drug-likeness (QED) is 0.527. The highest BCUT2D eigenvalue weighted by Crippen LogP contribution is 2.50. The lowest BCUT2D eigenvalue weighted by molar-refractivity contribution is -0.117. The van der Waals surface area contributed by atoms with E-state index in [1.54, 1.807) is 6.92 Å². The molecule has 1 aliphatic carbocycles. The number of Topliss-reactive ketones (excluding diaryl/α,β-unsaturated/α-hetero) is 1. The highest BCUT2D eigenvalue weighted by atomic mass is 16.6. The van der Waals surface area contributed by atoms with E-state index in [4.69, 9.17) is 4.74 Å². The van der Waals surface area contributed by atoms with E-state index < -0.39 is 0 Å². The Balaban J connectivity index is 2.16. The van der Waals surface area contributed by atoms with Gasteiger partial charge in [-0.25, -0.2) is 0 Å². The molecular formula is C19H28O2. The topological polar surface area (TPSA) is 29.6 Å². The van der Waals surface area contributed by atoms with Crippen molar-refractivity contribution in [2.75, 3.05) is 0 Å². The molecule has 2 aliphatic rings. The molecule has 0 bridgehead atoms. The third kappa shape index (κ3) is 3.06. The number of carbonyl (C=O) groups is 1. The predicted molar refractivity (Wildman–Crippen MR) is 87.1 cm³/mol. The Morgan fingerprint density at radius 1 is 1.52 bits per heavy atom. The van der Waals surface area contributed by atoms with Crippen LogP contribution in [0.5, 0.6) is 0 Å². The van der Waals surface area contributed by atoms with Crippen molar-refractivity contribution in [2.45, 2.75) is 65.6 Å². The minimum Gasteiger partial charge on any atom is -0.361 e. The zero-order valence-electron chi connectivity index (χ0n) is 14.0. The molecule has 2 rings (SSSR count). The standard InChI is InChI=1S/C19H28O2/c1-7-18(5)11-10-15(12-16(18)13(2)3)19(6)17(21-19)9-8-14(4)20/h7,10,12-13,17H,1,8-9,11H2,2-6H3/t17?,18-,19?/m0/s1. The van der Waals surface area contributed by atoms with Crippen molar-refractivity contribution in [1.82, 2.24) is 0 Å². The van der Waals surface area contributed by atoms with Gasteiger partial charge in [-0.2, -0.15) is 0 Å². The van der Waals surface area contributed by atoms with Gasteiger partial charge >= 0.3 is 0 Å². The van der Waals surface area contributed by atoms with E-state index in [1.807, 2.05) is 0 Å². The van der Waals surface area contributed by atoms with Gasteiger partial charge in [0.25, 0.3) is 0 Å². The predicted octanol–water partition coefficient (Wildman–Crippen LogP) is 4.62. The van der Waals surface area contributed by atoms with Crippen LogP contribution >= 0.6 is 0 Å². The summed E-state index contributed by atoms with van der Waals surface area (Å²) >= 11 is 0. The summed E-state index contributed by atoms with van der Waals surface area (Å²) in [5, 5.41) is 0. The lowest BCUT2D eigenvalue weighted by Gasteiger charge is -2.35. The molecule has 1 heterocycles. The average molecular weight is 288 g/mol. The second-order valence-electron chi connectivity index (χ2n) is 7.19. The SMILES string of the molecule is C=C[C@@]1(C)CC=C(C2(C)OC2CCC(C)=O)C=C1C(C)C.